The maximum Gasteiger partial charge on any atom is 0.240 e. The van der Waals surface area contributed by atoms with E-state index in [9.17, 15) is 8.42 Å². The van der Waals surface area contributed by atoms with Gasteiger partial charge in [0.1, 0.15) is 0 Å². The molecule has 164 valence electrons. The second kappa shape index (κ2) is 9.18. The first-order valence-corrected chi connectivity index (χ1v) is 11.7. The third-order valence-corrected chi connectivity index (χ3v) is 6.58. The molecular formula is C21H32N6O2S. The Morgan fingerprint density at radius 1 is 1.30 bits per heavy atom. The van der Waals surface area contributed by atoms with Gasteiger partial charge in [-0.15, -0.1) is 0 Å². The Morgan fingerprint density at radius 2 is 1.97 bits per heavy atom. The van der Waals surface area contributed by atoms with E-state index in [2.05, 4.69) is 38.9 Å². The van der Waals surface area contributed by atoms with E-state index in [1.807, 2.05) is 37.1 Å². The monoisotopic (exact) mass is 432 g/mol. The standard InChI is InChI=1S/C21H32N6O2S/c1-15(2)20-17(14-27(5)24-20)13-26(4)21(22-3)23-12-16-6-10-19(11-7-16)30(28,29)25-18-8-9-18/h6-7,10-11,14-15,18,25H,8-9,12-13H2,1-5H3,(H,22,23). The van der Waals surface area contributed by atoms with Crippen molar-refractivity contribution in [2.45, 2.75) is 56.6 Å². The molecule has 2 N–H and O–H groups in total. The molecule has 1 aromatic carbocycles. The summed E-state index contributed by atoms with van der Waals surface area (Å²) in [6, 6.07) is 7.07. The number of rotatable bonds is 8. The number of aliphatic imine (C=N–C) groups is 1. The van der Waals surface area contributed by atoms with Crippen LogP contribution in [0.25, 0.3) is 0 Å². The molecule has 3 rings (SSSR count). The van der Waals surface area contributed by atoms with Gasteiger partial charge in [-0.3, -0.25) is 9.67 Å². The highest BCUT2D eigenvalue weighted by molar-refractivity contribution is 7.89. The van der Waals surface area contributed by atoms with Crippen molar-refractivity contribution in [3.63, 3.8) is 0 Å². The summed E-state index contributed by atoms with van der Waals surface area (Å²) in [6.45, 7) is 5.54. The number of hydrogen-bond donors (Lipinski definition) is 2. The number of aryl methyl sites for hydroxylation is 1. The van der Waals surface area contributed by atoms with Crippen molar-refractivity contribution >= 4 is 16.0 Å². The van der Waals surface area contributed by atoms with Gasteiger partial charge < -0.3 is 10.2 Å². The Bertz CT molecular complexity index is 991. The SMILES string of the molecule is CN=C(NCc1ccc(S(=O)(=O)NC2CC2)cc1)N(C)Cc1cn(C)nc1C(C)C. The molecule has 0 atom stereocenters. The Balaban J connectivity index is 1.60. The lowest BCUT2D eigenvalue weighted by Crippen LogP contribution is -2.38. The van der Waals surface area contributed by atoms with Crippen molar-refractivity contribution < 1.29 is 8.42 Å². The van der Waals surface area contributed by atoms with Crippen LogP contribution in [0.1, 0.15) is 49.4 Å². The Hall–Kier alpha value is -2.39. The fraction of sp³-hybridized carbons (Fsp3) is 0.524. The molecule has 9 heteroatoms. The second-order valence-electron chi connectivity index (χ2n) is 8.16. The average molecular weight is 433 g/mol. The molecular weight excluding hydrogens is 400 g/mol. The van der Waals surface area contributed by atoms with E-state index in [1.54, 1.807) is 19.2 Å². The van der Waals surface area contributed by atoms with Gasteiger partial charge in [0, 0.05) is 52.0 Å². The van der Waals surface area contributed by atoms with Crippen LogP contribution in [0.15, 0.2) is 40.4 Å². The molecule has 0 bridgehead atoms. The molecule has 8 nitrogen and oxygen atoms in total. The maximum absolute atomic E-state index is 12.3. The highest BCUT2D eigenvalue weighted by Crippen LogP contribution is 2.22. The first-order valence-electron chi connectivity index (χ1n) is 10.2. The average Bonchev–Trinajstić information content (AvgIpc) is 3.41. The molecule has 1 aromatic heterocycles. The Labute approximate surface area is 179 Å². The van der Waals surface area contributed by atoms with Crippen molar-refractivity contribution in [1.82, 2.24) is 24.7 Å². The lowest BCUT2D eigenvalue weighted by Gasteiger charge is -2.22. The van der Waals surface area contributed by atoms with Crippen molar-refractivity contribution in [3.05, 3.63) is 47.3 Å². The zero-order valence-corrected chi connectivity index (χ0v) is 19.2. The summed E-state index contributed by atoms with van der Waals surface area (Å²) in [5.41, 5.74) is 3.26. The van der Waals surface area contributed by atoms with E-state index in [-0.39, 0.29) is 6.04 Å². The lowest BCUT2D eigenvalue weighted by atomic mass is 10.1. The van der Waals surface area contributed by atoms with Gasteiger partial charge in [0.15, 0.2) is 5.96 Å². The molecule has 1 saturated carbocycles. The van der Waals surface area contributed by atoms with Crippen LogP contribution in [-0.2, 0) is 30.2 Å². The van der Waals surface area contributed by atoms with Crippen LogP contribution in [0.2, 0.25) is 0 Å². The van der Waals surface area contributed by atoms with Crippen LogP contribution in [-0.4, -0.2) is 49.2 Å². The minimum Gasteiger partial charge on any atom is -0.352 e. The number of guanidine groups is 1. The molecule has 1 aliphatic carbocycles. The molecule has 1 fully saturated rings. The summed E-state index contributed by atoms with van der Waals surface area (Å²) in [6.07, 6.45) is 3.89. The number of aromatic nitrogens is 2. The predicted molar refractivity (Wildman–Crippen MR) is 119 cm³/mol. The molecule has 1 aliphatic rings. The van der Waals surface area contributed by atoms with E-state index in [1.165, 1.54) is 5.56 Å². The van der Waals surface area contributed by atoms with Gasteiger partial charge >= 0.3 is 0 Å². The van der Waals surface area contributed by atoms with E-state index in [0.29, 0.717) is 23.9 Å². The minimum absolute atomic E-state index is 0.103. The molecule has 30 heavy (non-hydrogen) atoms. The smallest absolute Gasteiger partial charge is 0.240 e. The van der Waals surface area contributed by atoms with Crippen molar-refractivity contribution in [3.8, 4) is 0 Å². The van der Waals surface area contributed by atoms with Crippen LogP contribution in [0, 0.1) is 0 Å². The Kier molecular flexibility index (Phi) is 6.82. The van der Waals surface area contributed by atoms with E-state index >= 15 is 0 Å². The fourth-order valence-corrected chi connectivity index (χ4v) is 4.64. The van der Waals surface area contributed by atoms with E-state index in [4.69, 9.17) is 0 Å². The zero-order valence-electron chi connectivity index (χ0n) is 18.4. The zero-order chi connectivity index (χ0) is 21.9. The molecule has 1 heterocycles. The first-order chi connectivity index (χ1) is 14.2. The highest BCUT2D eigenvalue weighted by Gasteiger charge is 2.27. The predicted octanol–water partition coefficient (Wildman–Crippen LogP) is 2.19. The minimum atomic E-state index is -3.42. The number of sulfonamides is 1. The van der Waals surface area contributed by atoms with Crippen molar-refractivity contribution in [2.75, 3.05) is 14.1 Å². The Morgan fingerprint density at radius 3 is 2.53 bits per heavy atom. The van der Waals surface area contributed by atoms with Crippen molar-refractivity contribution in [2.24, 2.45) is 12.0 Å². The van der Waals surface area contributed by atoms with Gasteiger partial charge in [0.05, 0.1) is 10.6 Å². The summed E-state index contributed by atoms with van der Waals surface area (Å²) in [4.78, 5) is 6.74. The van der Waals surface area contributed by atoms with E-state index in [0.717, 1.165) is 30.1 Å². The maximum atomic E-state index is 12.3. The molecule has 0 amide bonds. The first kappa shape index (κ1) is 22.3. The quantitative estimate of drug-likeness (QED) is 0.493. The molecule has 0 unspecified atom stereocenters. The third kappa shape index (κ3) is 5.60. The van der Waals surface area contributed by atoms with Gasteiger partial charge in [0.25, 0.3) is 0 Å². The van der Waals surface area contributed by atoms with Gasteiger partial charge in [-0.25, -0.2) is 13.1 Å². The summed E-state index contributed by atoms with van der Waals surface area (Å²) < 4.78 is 29.1. The third-order valence-electron chi connectivity index (χ3n) is 5.05. The summed E-state index contributed by atoms with van der Waals surface area (Å²) >= 11 is 0. The van der Waals surface area contributed by atoms with Gasteiger partial charge in [-0.05, 0) is 36.5 Å². The number of benzene rings is 1. The van der Waals surface area contributed by atoms with Crippen molar-refractivity contribution in [1.29, 1.82) is 0 Å². The topological polar surface area (TPSA) is 91.6 Å². The van der Waals surface area contributed by atoms with Crippen LogP contribution >= 0.6 is 0 Å². The highest BCUT2D eigenvalue weighted by atomic mass is 32.2. The largest absolute Gasteiger partial charge is 0.352 e. The summed E-state index contributed by atoms with van der Waals surface area (Å²) in [5, 5.41) is 7.91. The number of nitrogens with one attached hydrogen (secondary N) is 2. The van der Waals surface area contributed by atoms with Gasteiger partial charge in [0.2, 0.25) is 10.0 Å². The molecule has 0 spiro atoms. The normalized spacial score (nSPS) is 14.9. The van der Waals surface area contributed by atoms with Crippen LogP contribution < -0.4 is 10.0 Å². The molecule has 0 aliphatic heterocycles. The van der Waals surface area contributed by atoms with Crippen LogP contribution in [0.3, 0.4) is 0 Å². The summed E-state index contributed by atoms with van der Waals surface area (Å²) in [5.74, 6) is 1.12. The van der Waals surface area contributed by atoms with Crippen LogP contribution in [0.4, 0.5) is 0 Å². The molecule has 0 radical (unpaired) electrons. The van der Waals surface area contributed by atoms with E-state index < -0.39 is 10.0 Å². The second-order valence-corrected chi connectivity index (χ2v) is 9.88. The van der Waals surface area contributed by atoms with Gasteiger partial charge in [-0.2, -0.15) is 5.10 Å². The lowest BCUT2D eigenvalue weighted by molar-refractivity contribution is 0.473. The van der Waals surface area contributed by atoms with Crippen LogP contribution in [0.5, 0.6) is 0 Å². The number of nitrogens with zero attached hydrogens (tertiary/aromatic N) is 4. The number of hydrogen-bond acceptors (Lipinski definition) is 4. The summed E-state index contributed by atoms with van der Waals surface area (Å²) in [7, 11) is 2.27. The van der Waals surface area contributed by atoms with Gasteiger partial charge in [-0.1, -0.05) is 26.0 Å². The fourth-order valence-electron chi connectivity index (χ4n) is 3.33. The molecule has 2 aromatic rings. The molecule has 0 saturated heterocycles.